The average Bonchev–Trinajstić information content (AvgIpc) is 2.15. The van der Waals surface area contributed by atoms with Crippen LogP contribution >= 0.6 is 0 Å². The highest BCUT2D eigenvalue weighted by atomic mass is 14.1. The van der Waals surface area contributed by atoms with Crippen LogP contribution in [0.2, 0.25) is 0 Å². The maximum atomic E-state index is 3.94. The van der Waals surface area contributed by atoms with Crippen LogP contribution in [0.15, 0.2) is 59.8 Å². The van der Waals surface area contributed by atoms with Crippen molar-refractivity contribution in [3.8, 4) is 0 Å². The highest BCUT2D eigenvalue weighted by molar-refractivity contribution is 5.47. The number of allylic oxidation sites excluding steroid dienone is 8. The molecule has 0 saturated heterocycles. The zero-order valence-electron chi connectivity index (χ0n) is 9.72. The molecule has 0 amide bonds. The molecule has 0 nitrogen and oxygen atoms in total. The highest BCUT2D eigenvalue weighted by Gasteiger charge is 2.00. The molecular formula is C14H20. The van der Waals surface area contributed by atoms with Crippen molar-refractivity contribution in [1.82, 2.24) is 0 Å². The Balaban J connectivity index is 5.23. The molecule has 0 bridgehead atoms. The van der Waals surface area contributed by atoms with Gasteiger partial charge in [-0.3, -0.25) is 0 Å². The molecule has 0 rings (SSSR count). The first kappa shape index (κ1) is 12.7. The zero-order valence-corrected chi connectivity index (χ0v) is 9.72. The minimum absolute atomic E-state index is 1.11. The highest BCUT2D eigenvalue weighted by Crippen LogP contribution is 2.20. The molecular weight excluding hydrogens is 168 g/mol. The molecule has 0 heteroatoms. The topological polar surface area (TPSA) is 0 Å². The van der Waals surface area contributed by atoms with Gasteiger partial charge >= 0.3 is 0 Å². The van der Waals surface area contributed by atoms with Gasteiger partial charge in [0.05, 0.1) is 0 Å². The third kappa shape index (κ3) is 3.61. The fraction of sp³-hybridized carbons (Fsp3) is 0.286. The average molecular weight is 188 g/mol. The summed E-state index contributed by atoms with van der Waals surface area (Å²) >= 11 is 0. The molecule has 0 atom stereocenters. The fourth-order valence-corrected chi connectivity index (χ4v) is 1.15. The van der Waals surface area contributed by atoms with Crippen LogP contribution in [0.1, 0.15) is 27.7 Å². The summed E-state index contributed by atoms with van der Waals surface area (Å²) in [5, 5.41) is 0. The Hall–Kier alpha value is -1.30. The summed E-state index contributed by atoms with van der Waals surface area (Å²) in [6, 6.07) is 0. The van der Waals surface area contributed by atoms with Gasteiger partial charge in [-0.2, -0.15) is 0 Å². The van der Waals surface area contributed by atoms with Crippen molar-refractivity contribution in [2.75, 3.05) is 0 Å². The maximum Gasteiger partial charge on any atom is -0.0228 e. The summed E-state index contributed by atoms with van der Waals surface area (Å²) < 4.78 is 0. The van der Waals surface area contributed by atoms with Crippen molar-refractivity contribution in [2.24, 2.45) is 0 Å². The number of rotatable bonds is 4. The van der Waals surface area contributed by atoms with Crippen molar-refractivity contribution in [3.63, 3.8) is 0 Å². The van der Waals surface area contributed by atoms with E-state index in [1.54, 1.807) is 0 Å². The zero-order chi connectivity index (χ0) is 11.1. The Kier molecular flexibility index (Phi) is 5.62. The molecule has 0 N–H and O–H groups in total. The van der Waals surface area contributed by atoms with Crippen molar-refractivity contribution < 1.29 is 0 Å². The van der Waals surface area contributed by atoms with Gasteiger partial charge in [0.2, 0.25) is 0 Å². The minimum Gasteiger partial charge on any atom is -0.0990 e. The van der Waals surface area contributed by atoms with E-state index < -0.39 is 0 Å². The quantitative estimate of drug-likeness (QED) is 0.566. The largest absolute Gasteiger partial charge is 0.0990 e. The van der Waals surface area contributed by atoms with Crippen molar-refractivity contribution in [2.45, 2.75) is 27.7 Å². The van der Waals surface area contributed by atoms with Gasteiger partial charge in [0.15, 0.2) is 0 Å². The van der Waals surface area contributed by atoms with Gasteiger partial charge in [0.25, 0.3) is 0 Å². The molecule has 0 heterocycles. The summed E-state index contributed by atoms with van der Waals surface area (Å²) in [7, 11) is 0. The van der Waals surface area contributed by atoms with Gasteiger partial charge in [0.1, 0.15) is 0 Å². The van der Waals surface area contributed by atoms with Gasteiger partial charge in [0, 0.05) is 0 Å². The Morgan fingerprint density at radius 1 is 1.07 bits per heavy atom. The maximum absolute atomic E-state index is 3.94. The predicted octanol–water partition coefficient (Wildman–Crippen LogP) is 4.59. The fourth-order valence-electron chi connectivity index (χ4n) is 1.15. The Morgan fingerprint density at radius 3 is 2.00 bits per heavy atom. The molecule has 0 unspecified atom stereocenters. The van der Waals surface area contributed by atoms with E-state index in [2.05, 4.69) is 33.1 Å². The van der Waals surface area contributed by atoms with Crippen LogP contribution in [0.4, 0.5) is 0 Å². The summed E-state index contributed by atoms with van der Waals surface area (Å²) in [5.41, 5.74) is 4.82. The van der Waals surface area contributed by atoms with Gasteiger partial charge in [-0.1, -0.05) is 43.0 Å². The number of hydrogen-bond donors (Lipinski definition) is 0. The first-order valence-corrected chi connectivity index (χ1v) is 4.83. The van der Waals surface area contributed by atoms with Gasteiger partial charge in [-0.05, 0) is 44.4 Å². The number of hydrogen-bond acceptors (Lipinski definition) is 0. The summed E-state index contributed by atoms with van der Waals surface area (Å²) in [6.45, 7) is 15.9. The summed E-state index contributed by atoms with van der Waals surface area (Å²) in [6.07, 6.45) is 7.94. The van der Waals surface area contributed by atoms with E-state index in [-0.39, 0.29) is 0 Å². The molecule has 0 aliphatic carbocycles. The monoisotopic (exact) mass is 188 g/mol. The van der Waals surface area contributed by atoms with Crippen LogP contribution in [0.3, 0.4) is 0 Å². The molecule has 0 aliphatic heterocycles. The van der Waals surface area contributed by atoms with Crippen molar-refractivity contribution in [3.05, 3.63) is 59.8 Å². The SMILES string of the molecule is C=C/C=C(\C=C/C)C(/C)=C(/C)C(=C)C. The molecule has 0 aromatic heterocycles. The lowest BCUT2D eigenvalue weighted by atomic mass is 9.98. The molecule has 0 aromatic rings. The molecule has 14 heavy (non-hydrogen) atoms. The molecule has 0 fully saturated rings. The summed E-state index contributed by atoms with van der Waals surface area (Å²) in [5.74, 6) is 0. The Morgan fingerprint density at radius 2 is 1.64 bits per heavy atom. The Bertz CT molecular complexity index is 309. The van der Waals surface area contributed by atoms with Crippen LogP contribution in [-0.4, -0.2) is 0 Å². The molecule has 0 spiro atoms. The first-order chi connectivity index (χ1) is 6.54. The standard InChI is InChI=1S/C14H20/c1-7-9-14(10-8-2)13(6)12(5)11(3)4/h7-10H,1,3H2,2,4-6H3/b10-8-,13-12-,14-9+. The summed E-state index contributed by atoms with van der Waals surface area (Å²) in [4.78, 5) is 0. The molecule has 0 radical (unpaired) electrons. The third-order valence-corrected chi connectivity index (χ3v) is 2.28. The third-order valence-electron chi connectivity index (χ3n) is 2.28. The van der Waals surface area contributed by atoms with E-state index in [0.717, 1.165) is 5.57 Å². The second-order valence-electron chi connectivity index (χ2n) is 3.39. The van der Waals surface area contributed by atoms with E-state index in [1.165, 1.54) is 16.7 Å². The van der Waals surface area contributed by atoms with Gasteiger partial charge in [-0.25, -0.2) is 0 Å². The molecule has 0 aliphatic rings. The first-order valence-electron chi connectivity index (χ1n) is 4.83. The van der Waals surface area contributed by atoms with Crippen LogP contribution in [0, 0.1) is 0 Å². The van der Waals surface area contributed by atoms with Crippen LogP contribution in [0.25, 0.3) is 0 Å². The smallest absolute Gasteiger partial charge is 0.0228 e. The van der Waals surface area contributed by atoms with E-state index in [1.807, 2.05) is 32.1 Å². The van der Waals surface area contributed by atoms with Crippen molar-refractivity contribution in [1.29, 1.82) is 0 Å². The second kappa shape index (κ2) is 6.20. The second-order valence-corrected chi connectivity index (χ2v) is 3.39. The van der Waals surface area contributed by atoms with Gasteiger partial charge in [-0.15, -0.1) is 0 Å². The van der Waals surface area contributed by atoms with Crippen LogP contribution in [0.5, 0.6) is 0 Å². The minimum atomic E-state index is 1.11. The molecule has 0 aromatic carbocycles. The lowest BCUT2D eigenvalue weighted by Gasteiger charge is -2.08. The van der Waals surface area contributed by atoms with E-state index in [9.17, 15) is 0 Å². The predicted molar refractivity (Wildman–Crippen MR) is 66.3 cm³/mol. The van der Waals surface area contributed by atoms with E-state index in [0.29, 0.717) is 0 Å². The molecule has 0 saturated carbocycles. The molecule has 76 valence electrons. The lowest BCUT2D eigenvalue weighted by Crippen LogP contribution is -1.88. The van der Waals surface area contributed by atoms with Crippen LogP contribution < -0.4 is 0 Å². The lowest BCUT2D eigenvalue weighted by molar-refractivity contribution is 1.26. The normalized spacial score (nSPS) is 14.1. The van der Waals surface area contributed by atoms with E-state index >= 15 is 0 Å². The van der Waals surface area contributed by atoms with Crippen molar-refractivity contribution >= 4 is 0 Å². The van der Waals surface area contributed by atoms with E-state index in [4.69, 9.17) is 0 Å². The Labute approximate surface area is 88.0 Å². The van der Waals surface area contributed by atoms with Gasteiger partial charge < -0.3 is 0 Å². The van der Waals surface area contributed by atoms with Crippen LogP contribution in [-0.2, 0) is 0 Å².